The van der Waals surface area contributed by atoms with E-state index in [4.69, 9.17) is 0 Å². The zero-order valence-corrected chi connectivity index (χ0v) is 19.2. The number of nitrogens with zero attached hydrogens (tertiary/aromatic N) is 3. The van der Waals surface area contributed by atoms with Crippen molar-refractivity contribution in [1.82, 2.24) is 20.5 Å². The van der Waals surface area contributed by atoms with Crippen LogP contribution in [-0.2, 0) is 11.2 Å². The molecule has 1 atom stereocenters. The number of likely N-dealkylation sites (N-methyl/N-ethyl adjacent to an activating group) is 1. The largest absolute Gasteiger partial charge is 0.356 e. The standard InChI is InChI=1S/C19H27N5OS.HI/c1-15(17-8-6-12-26-17)13-22-19(20-2)23-14-18(25)24(3)11-9-16-7-4-5-10-21-16;/h4-8,10,12,15H,9,11,13-14H2,1-3H3,(H2,20,22,23);1H. The number of rotatable bonds is 8. The molecule has 27 heavy (non-hydrogen) atoms. The lowest BCUT2D eigenvalue weighted by Gasteiger charge is -2.19. The first-order valence-electron chi connectivity index (χ1n) is 8.72. The number of carbonyl (C=O) groups is 1. The molecule has 1 amide bonds. The molecule has 1 unspecified atom stereocenters. The fourth-order valence-corrected chi connectivity index (χ4v) is 3.18. The van der Waals surface area contributed by atoms with Gasteiger partial charge in [0.2, 0.25) is 5.91 Å². The van der Waals surface area contributed by atoms with Gasteiger partial charge in [-0.15, -0.1) is 35.3 Å². The molecule has 2 aromatic heterocycles. The Labute approximate surface area is 182 Å². The van der Waals surface area contributed by atoms with Gasteiger partial charge in [-0.2, -0.15) is 0 Å². The van der Waals surface area contributed by atoms with Crippen LogP contribution < -0.4 is 10.6 Å². The third kappa shape index (κ3) is 8.25. The van der Waals surface area contributed by atoms with E-state index in [9.17, 15) is 4.79 Å². The number of aliphatic imine (C=N–C) groups is 1. The van der Waals surface area contributed by atoms with Gasteiger partial charge < -0.3 is 15.5 Å². The Bertz CT molecular complexity index is 693. The number of halogens is 1. The average molecular weight is 501 g/mol. The summed E-state index contributed by atoms with van der Waals surface area (Å²) in [5.74, 6) is 1.06. The van der Waals surface area contributed by atoms with Gasteiger partial charge in [-0.05, 0) is 23.6 Å². The van der Waals surface area contributed by atoms with Crippen LogP contribution in [0.5, 0.6) is 0 Å². The maximum Gasteiger partial charge on any atom is 0.241 e. The van der Waals surface area contributed by atoms with Crippen molar-refractivity contribution in [2.45, 2.75) is 19.3 Å². The smallest absolute Gasteiger partial charge is 0.241 e. The summed E-state index contributed by atoms with van der Waals surface area (Å²) in [4.78, 5) is 23.8. The highest BCUT2D eigenvalue weighted by Crippen LogP contribution is 2.19. The summed E-state index contributed by atoms with van der Waals surface area (Å²) in [6.45, 7) is 3.79. The Balaban J connectivity index is 0.00000364. The van der Waals surface area contributed by atoms with Gasteiger partial charge in [0.1, 0.15) is 0 Å². The molecule has 8 heteroatoms. The molecule has 2 aromatic rings. The minimum Gasteiger partial charge on any atom is -0.356 e. The van der Waals surface area contributed by atoms with Gasteiger partial charge in [-0.3, -0.25) is 14.8 Å². The summed E-state index contributed by atoms with van der Waals surface area (Å²) < 4.78 is 0. The zero-order valence-electron chi connectivity index (χ0n) is 16.0. The lowest BCUT2D eigenvalue weighted by molar-refractivity contribution is -0.128. The third-order valence-electron chi connectivity index (χ3n) is 4.09. The van der Waals surface area contributed by atoms with E-state index in [1.54, 1.807) is 29.5 Å². The van der Waals surface area contributed by atoms with Crippen molar-refractivity contribution in [3.8, 4) is 0 Å². The van der Waals surface area contributed by atoms with Crippen molar-refractivity contribution in [3.05, 3.63) is 52.5 Å². The average Bonchev–Trinajstić information content (AvgIpc) is 3.21. The van der Waals surface area contributed by atoms with Crippen molar-refractivity contribution in [3.63, 3.8) is 0 Å². The molecule has 0 bridgehead atoms. The molecule has 2 heterocycles. The molecule has 148 valence electrons. The van der Waals surface area contributed by atoms with E-state index < -0.39 is 0 Å². The summed E-state index contributed by atoms with van der Waals surface area (Å²) in [5, 5.41) is 8.44. The van der Waals surface area contributed by atoms with Gasteiger partial charge in [-0.25, -0.2) is 0 Å². The van der Waals surface area contributed by atoms with Gasteiger partial charge in [0.05, 0.1) is 6.54 Å². The molecular weight excluding hydrogens is 473 g/mol. The van der Waals surface area contributed by atoms with E-state index in [1.807, 2.05) is 25.2 Å². The number of aromatic nitrogens is 1. The first kappa shape index (κ1) is 23.4. The van der Waals surface area contributed by atoms with Crippen LogP contribution in [0.3, 0.4) is 0 Å². The number of hydrogen-bond acceptors (Lipinski definition) is 4. The van der Waals surface area contributed by atoms with Gasteiger partial charge in [-0.1, -0.05) is 19.1 Å². The molecule has 0 fully saturated rings. The lowest BCUT2D eigenvalue weighted by atomic mass is 10.1. The maximum atomic E-state index is 12.3. The van der Waals surface area contributed by atoms with Crippen molar-refractivity contribution in [2.24, 2.45) is 4.99 Å². The Morgan fingerprint density at radius 2 is 2.11 bits per heavy atom. The third-order valence-corrected chi connectivity index (χ3v) is 5.19. The minimum atomic E-state index is 0. The van der Waals surface area contributed by atoms with E-state index in [1.165, 1.54) is 4.88 Å². The Hall–Kier alpha value is -1.68. The van der Waals surface area contributed by atoms with Crippen LogP contribution in [-0.4, -0.2) is 55.5 Å². The molecule has 0 saturated carbocycles. The van der Waals surface area contributed by atoms with Crippen molar-refractivity contribution in [1.29, 1.82) is 0 Å². The number of hydrogen-bond donors (Lipinski definition) is 2. The SMILES string of the molecule is CN=C(NCC(=O)N(C)CCc1ccccn1)NCC(C)c1cccs1.I. The van der Waals surface area contributed by atoms with Crippen LogP contribution in [0.4, 0.5) is 0 Å². The quantitative estimate of drug-likeness (QED) is 0.332. The number of amides is 1. The minimum absolute atomic E-state index is 0. The molecule has 0 aliphatic rings. The second-order valence-electron chi connectivity index (χ2n) is 6.11. The van der Waals surface area contributed by atoms with Crippen LogP contribution >= 0.6 is 35.3 Å². The van der Waals surface area contributed by atoms with Gasteiger partial charge in [0.25, 0.3) is 0 Å². The van der Waals surface area contributed by atoms with Gasteiger partial charge in [0, 0.05) is 56.3 Å². The van der Waals surface area contributed by atoms with E-state index in [-0.39, 0.29) is 36.4 Å². The van der Waals surface area contributed by atoms with E-state index in [0.29, 0.717) is 18.4 Å². The highest BCUT2D eigenvalue weighted by Gasteiger charge is 2.11. The monoisotopic (exact) mass is 501 g/mol. The molecule has 2 N–H and O–H groups in total. The van der Waals surface area contributed by atoms with Gasteiger partial charge >= 0.3 is 0 Å². The van der Waals surface area contributed by atoms with E-state index in [2.05, 4.69) is 45.0 Å². The van der Waals surface area contributed by atoms with Crippen molar-refractivity contribution < 1.29 is 4.79 Å². The number of carbonyl (C=O) groups excluding carboxylic acids is 1. The highest BCUT2D eigenvalue weighted by molar-refractivity contribution is 14.0. The van der Waals surface area contributed by atoms with Gasteiger partial charge in [0.15, 0.2) is 5.96 Å². The fourth-order valence-electron chi connectivity index (χ4n) is 2.39. The molecule has 0 aromatic carbocycles. The summed E-state index contributed by atoms with van der Waals surface area (Å²) in [5.41, 5.74) is 0.986. The maximum absolute atomic E-state index is 12.3. The molecular formula is C19H28IN5OS. The van der Waals surface area contributed by atoms with Crippen molar-refractivity contribution in [2.75, 3.05) is 33.7 Å². The molecule has 0 saturated heterocycles. The van der Waals surface area contributed by atoms with Crippen LogP contribution in [0.1, 0.15) is 23.4 Å². The summed E-state index contributed by atoms with van der Waals surface area (Å²) in [7, 11) is 3.52. The molecule has 0 aliphatic carbocycles. The second kappa shape index (κ2) is 12.7. The van der Waals surface area contributed by atoms with Crippen LogP contribution in [0.2, 0.25) is 0 Å². The normalized spacial score (nSPS) is 12.0. The molecule has 0 aliphatic heterocycles. The Morgan fingerprint density at radius 1 is 1.30 bits per heavy atom. The lowest BCUT2D eigenvalue weighted by Crippen LogP contribution is -2.44. The number of guanidine groups is 1. The topological polar surface area (TPSA) is 69.6 Å². The molecule has 6 nitrogen and oxygen atoms in total. The Kier molecular flexibility index (Phi) is 11.0. The second-order valence-corrected chi connectivity index (χ2v) is 7.09. The van der Waals surface area contributed by atoms with Crippen LogP contribution in [0, 0.1) is 0 Å². The molecule has 0 spiro atoms. The van der Waals surface area contributed by atoms with Crippen LogP contribution in [0.15, 0.2) is 46.9 Å². The summed E-state index contributed by atoms with van der Waals surface area (Å²) in [6, 6.07) is 10.0. The Morgan fingerprint density at radius 3 is 2.74 bits per heavy atom. The zero-order chi connectivity index (χ0) is 18.8. The fraction of sp³-hybridized carbons (Fsp3) is 0.421. The predicted molar refractivity (Wildman–Crippen MR) is 123 cm³/mol. The van der Waals surface area contributed by atoms with E-state index >= 15 is 0 Å². The van der Waals surface area contributed by atoms with E-state index in [0.717, 1.165) is 18.7 Å². The molecule has 0 radical (unpaired) electrons. The first-order valence-corrected chi connectivity index (χ1v) is 9.60. The number of pyridine rings is 1. The van der Waals surface area contributed by atoms with Crippen LogP contribution in [0.25, 0.3) is 0 Å². The molecule has 2 rings (SSSR count). The summed E-state index contributed by atoms with van der Waals surface area (Å²) >= 11 is 1.75. The summed E-state index contributed by atoms with van der Waals surface area (Å²) in [6.07, 6.45) is 2.51. The van der Waals surface area contributed by atoms with Crippen molar-refractivity contribution >= 4 is 47.2 Å². The first-order chi connectivity index (χ1) is 12.6. The predicted octanol–water partition coefficient (Wildman–Crippen LogP) is 2.73. The number of thiophene rings is 1. The highest BCUT2D eigenvalue weighted by atomic mass is 127. The number of nitrogens with one attached hydrogen (secondary N) is 2.